The van der Waals surface area contributed by atoms with Crippen LogP contribution in [0.2, 0.25) is 0 Å². The Labute approximate surface area is 93.8 Å². The zero-order valence-corrected chi connectivity index (χ0v) is 9.68. The molecule has 5 heteroatoms. The monoisotopic (exact) mass is 231 g/mol. The molecule has 1 rings (SSSR count). The molecule has 86 valence electrons. The van der Waals surface area contributed by atoms with E-state index in [4.69, 9.17) is 5.11 Å². The SMILES string of the molecule is CSCCNC(=O)C1CCC(C(=O)O)C1. The maximum absolute atomic E-state index is 11.6. The van der Waals surface area contributed by atoms with Crippen LogP contribution in [0.1, 0.15) is 19.3 Å². The number of rotatable bonds is 5. The standard InChI is InChI=1S/C10H17NO3S/c1-15-5-4-11-9(12)7-2-3-8(6-7)10(13)14/h7-8H,2-6H2,1H3,(H,11,12)(H,13,14). The molecule has 0 radical (unpaired) electrons. The normalized spacial score (nSPS) is 25.1. The van der Waals surface area contributed by atoms with Crippen molar-refractivity contribution in [1.29, 1.82) is 0 Å². The molecule has 2 N–H and O–H groups in total. The lowest BCUT2D eigenvalue weighted by molar-refractivity contribution is -0.141. The van der Waals surface area contributed by atoms with E-state index in [2.05, 4.69) is 5.32 Å². The first-order valence-electron chi connectivity index (χ1n) is 5.14. The van der Waals surface area contributed by atoms with Gasteiger partial charge in [0.2, 0.25) is 5.91 Å². The van der Waals surface area contributed by atoms with Crippen molar-refractivity contribution in [2.75, 3.05) is 18.6 Å². The van der Waals surface area contributed by atoms with Gasteiger partial charge in [-0.1, -0.05) is 0 Å². The van der Waals surface area contributed by atoms with Gasteiger partial charge in [-0.05, 0) is 25.5 Å². The number of carbonyl (C=O) groups excluding carboxylic acids is 1. The number of hydrogen-bond donors (Lipinski definition) is 2. The van der Waals surface area contributed by atoms with E-state index in [1.807, 2.05) is 6.26 Å². The Bertz CT molecular complexity index is 245. The zero-order chi connectivity index (χ0) is 11.3. The van der Waals surface area contributed by atoms with E-state index in [1.54, 1.807) is 11.8 Å². The average molecular weight is 231 g/mol. The van der Waals surface area contributed by atoms with Crippen molar-refractivity contribution in [3.8, 4) is 0 Å². The highest BCUT2D eigenvalue weighted by molar-refractivity contribution is 7.98. The van der Waals surface area contributed by atoms with Crippen LogP contribution in [0.3, 0.4) is 0 Å². The summed E-state index contributed by atoms with van der Waals surface area (Å²) in [5.74, 6) is -0.252. The Balaban J connectivity index is 2.27. The van der Waals surface area contributed by atoms with Crippen molar-refractivity contribution in [1.82, 2.24) is 5.32 Å². The number of hydrogen-bond acceptors (Lipinski definition) is 3. The fraction of sp³-hybridized carbons (Fsp3) is 0.800. The van der Waals surface area contributed by atoms with Crippen molar-refractivity contribution in [3.05, 3.63) is 0 Å². The third kappa shape index (κ3) is 3.74. The summed E-state index contributed by atoms with van der Waals surface area (Å²) >= 11 is 1.68. The van der Waals surface area contributed by atoms with Crippen LogP contribution in [0, 0.1) is 11.8 Å². The zero-order valence-electron chi connectivity index (χ0n) is 8.86. The quantitative estimate of drug-likeness (QED) is 0.692. The molecule has 1 aliphatic rings. The van der Waals surface area contributed by atoms with Crippen molar-refractivity contribution >= 4 is 23.6 Å². The summed E-state index contributed by atoms with van der Waals surface area (Å²) in [6.07, 6.45) is 3.83. The molecule has 1 aliphatic carbocycles. The molecule has 0 aromatic rings. The van der Waals surface area contributed by atoms with E-state index in [0.29, 0.717) is 25.8 Å². The van der Waals surface area contributed by atoms with Gasteiger partial charge in [0.1, 0.15) is 0 Å². The Morgan fingerprint density at radius 2 is 2.07 bits per heavy atom. The van der Waals surface area contributed by atoms with E-state index >= 15 is 0 Å². The molecule has 0 aliphatic heterocycles. The highest BCUT2D eigenvalue weighted by Crippen LogP contribution is 2.30. The van der Waals surface area contributed by atoms with Gasteiger partial charge in [-0.25, -0.2) is 0 Å². The van der Waals surface area contributed by atoms with Crippen LogP contribution in [0.25, 0.3) is 0 Å². The molecule has 1 fully saturated rings. The summed E-state index contributed by atoms with van der Waals surface area (Å²) in [4.78, 5) is 22.3. The molecular weight excluding hydrogens is 214 g/mol. The molecular formula is C10H17NO3S. The number of carboxylic acid groups (broad SMARTS) is 1. The smallest absolute Gasteiger partial charge is 0.306 e. The Morgan fingerprint density at radius 1 is 1.40 bits per heavy atom. The maximum Gasteiger partial charge on any atom is 0.306 e. The van der Waals surface area contributed by atoms with Crippen LogP contribution in [0.5, 0.6) is 0 Å². The summed E-state index contributed by atoms with van der Waals surface area (Å²) in [5.41, 5.74) is 0. The number of amides is 1. The second-order valence-electron chi connectivity index (χ2n) is 3.83. The minimum atomic E-state index is -0.769. The fourth-order valence-electron chi connectivity index (χ4n) is 1.86. The first kappa shape index (κ1) is 12.4. The van der Waals surface area contributed by atoms with Gasteiger partial charge in [-0.2, -0.15) is 11.8 Å². The molecule has 0 heterocycles. The van der Waals surface area contributed by atoms with Gasteiger partial charge in [-0.15, -0.1) is 0 Å². The van der Waals surface area contributed by atoms with Crippen LogP contribution >= 0.6 is 11.8 Å². The van der Waals surface area contributed by atoms with Crippen molar-refractivity contribution in [2.45, 2.75) is 19.3 Å². The first-order valence-corrected chi connectivity index (χ1v) is 6.54. The summed E-state index contributed by atoms with van der Waals surface area (Å²) < 4.78 is 0. The third-order valence-corrected chi connectivity index (χ3v) is 3.37. The van der Waals surface area contributed by atoms with Crippen molar-refractivity contribution in [2.24, 2.45) is 11.8 Å². The average Bonchev–Trinajstić information content (AvgIpc) is 2.66. The fourth-order valence-corrected chi connectivity index (χ4v) is 2.17. The Kier molecular flexibility index (Phi) is 4.94. The number of carboxylic acids is 1. The van der Waals surface area contributed by atoms with Crippen molar-refractivity contribution in [3.63, 3.8) is 0 Å². The molecule has 15 heavy (non-hydrogen) atoms. The van der Waals surface area contributed by atoms with E-state index in [-0.39, 0.29) is 17.7 Å². The summed E-state index contributed by atoms with van der Waals surface area (Å²) in [6.45, 7) is 0.675. The topological polar surface area (TPSA) is 66.4 Å². The molecule has 2 unspecified atom stereocenters. The Hall–Kier alpha value is -0.710. The third-order valence-electron chi connectivity index (χ3n) is 2.76. The maximum atomic E-state index is 11.6. The molecule has 4 nitrogen and oxygen atoms in total. The highest BCUT2D eigenvalue weighted by Gasteiger charge is 2.33. The number of thioether (sulfide) groups is 1. The van der Waals surface area contributed by atoms with E-state index < -0.39 is 5.97 Å². The lowest BCUT2D eigenvalue weighted by Crippen LogP contribution is -2.31. The van der Waals surface area contributed by atoms with Gasteiger partial charge in [0, 0.05) is 18.2 Å². The van der Waals surface area contributed by atoms with Gasteiger partial charge < -0.3 is 10.4 Å². The first-order chi connectivity index (χ1) is 7.15. The van der Waals surface area contributed by atoms with Gasteiger partial charge in [-0.3, -0.25) is 9.59 Å². The molecule has 1 amide bonds. The van der Waals surface area contributed by atoms with Gasteiger partial charge in [0.05, 0.1) is 5.92 Å². The van der Waals surface area contributed by atoms with E-state index in [0.717, 1.165) is 5.75 Å². The molecule has 0 aromatic heterocycles. The molecule has 0 saturated heterocycles. The van der Waals surface area contributed by atoms with Crippen molar-refractivity contribution < 1.29 is 14.7 Å². The summed E-state index contributed by atoms with van der Waals surface area (Å²) in [7, 11) is 0. The minimum absolute atomic E-state index is 0.0211. The predicted molar refractivity (Wildman–Crippen MR) is 59.9 cm³/mol. The van der Waals surface area contributed by atoms with Crippen LogP contribution < -0.4 is 5.32 Å². The lowest BCUT2D eigenvalue weighted by Gasteiger charge is -2.09. The molecule has 0 aromatic carbocycles. The molecule has 1 saturated carbocycles. The van der Waals surface area contributed by atoms with Crippen LogP contribution in [0.4, 0.5) is 0 Å². The van der Waals surface area contributed by atoms with Crippen LogP contribution in [-0.2, 0) is 9.59 Å². The number of aliphatic carboxylic acids is 1. The number of carbonyl (C=O) groups is 2. The van der Waals surface area contributed by atoms with E-state index in [9.17, 15) is 9.59 Å². The molecule has 0 bridgehead atoms. The van der Waals surface area contributed by atoms with Gasteiger partial charge in [0.15, 0.2) is 0 Å². The Morgan fingerprint density at radius 3 is 2.60 bits per heavy atom. The number of nitrogens with one attached hydrogen (secondary N) is 1. The minimum Gasteiger partial charge on any atom is -0.481 e. The van der Waals surface area contributed by atoms with Crippen LogP contribution in [-0.4, -0.2) is 35.5 Å². The predicted octanol–water partition coefficient (Wildman–Crippen LogP) is 0.966. The largest absolute Gasteiger partial charge is 0.481 e. The second kappa shape index (κ2) is 6.00. The van der Waals surface area contributed by atoms with Crippen LogP contribution in [0.15, 0.2) is 0 Å². The summed E-state index contributed by atoms with van der Waals surface area (Å²) in [6, 6.07) is 0. The van der Waals surface area contributed by atoms with E-state index in [1.165, 1.54) is 0 Å². The lowest BCUT2D eigenvalue weighted by atomic mass is 10.0. The van der Waals surface area contributed by atoms with Gasteiger partial charge >= 0.3 is 5.97 Å². The second-order valence-corrected chi connectivity index (χ2v) is 4.81. The summed E-state index contributed by atoms with van der Waals surface area (Å²) in [5, 5.41) is 11.6. The van der Waals surface area contributed by atoms with Gasteiger partial charge in [0.25, 0.3) is 0 Å². The highest BCUT2D eigenvalue weighted by atomic mass is 32.2. The molecule has 2 atom stereocenters. The molecule has 0 spiro atoms.